The van der Waals surface area contributed by atoms with Crippen LogP contribution in [-0.2, 0) is 0 Å². The minimum Gasteiger partial charge on any atom is -0.366 e. The van der Waals surface area contributed by atoms with Crippen molar-refractivity contribution < 1.29 is 9.59 Å². The molecule has 4 heteroatoms. The minimum absolute atomic E-state index is 0.108. The molecule has 0 unspecified atom stereocenters. The maximum atomic E-state index is 12.2. The summed E-state index contributed by atoms with van der Waals surface area (Å²) < 4.78 is 0. The molecule has 0 aliphatic heterocycles. The Balaban J connectivity index is 2.28. The van der Waals surface area contributed by atoms with E-state index in [0.717, 1.165) is 11.1 Å². The Morgan fingerprint density at radius 3 is 2.09 bits per heavy atom. The van der Waals surface area contributed by atoms with E-state index in [-0.39, 0.29) is 11.4 Å². The Hall–Kier alpha value is -2.62. The third kappa shape index (κ3) is 3.95. The first kappa shape index (κ1) is 15.8. The fourth-order valence-electron chi connectivity index (χ4n) is 2.08. The van der Waals surface area contributed by atoms with Crippen LogP contribution in [0.2, 0.25) is 0 Å². The Morgan fingerprint density at radius 1 is 0.909 bits per heavy atom. The second kappa shape index (κ2) is 6.02. The summed E-state index contributed by atoms with van der Waals surface area (Å²) in [6.45, 7) is 5.83. The van der Waals surface area contributed by atoms with Crippen LogP contribution in [-0.4, -0.2) is 17.4 Å². The molecule has 22 heavy (non-hydrogen) atoms. The SMILES string of the molecule is CC(C)(C)NC(=O)c1cccc(-c2ccc(C(N)=O)cc2)c1. The maximum Gasteiger partial charge on any atom is 0.251 e. The summed E-state index contributed by atoms with van der Waals surface area (Å²) in [6, 6.07) is 14.4. The van der Waals surface area contributed by atoms with Gasteiger partial charge >= 0.3 is 0 Å². The van der Waals surface area contributed by atoms with Crippen molar-refractivity contribution in [3.05, 3.63) is 59.7 Å². The third-order valence-electron chi connectivity index (χ3n) is 3.12. The summed E-state index contributed by atoms with van der Waals surface area (Å²) in [5, 5.41) is 2.94. The number of hydrogen-bond donors (Lipinski definition) is 2. The number of rotatable bonds is 3. The average Bonchev–Trinajstić information content (AvgIpc) is 2.46. The first-order valence-electron chi connectivity index (χ1n) is 7.09. The molecule has 114 valence electrons. The van der Waals surface area contributed by atoms with E-state index in [1.54, 1.807) is 18.2 Å². The van der Waals surface area contributed by atoms with Crippen molar-refractivity contribution in [2.75, 3.05) is 0 Å². The highest BCUT2D eigenvalue weighted by Gasteiger charge is 2.15. The molecule has 0 saturated heterocycles. The van der Waals surface area contributed by atoms with Crippen LogP contribution in [0.3, 0.4) is 0 Å². The molecule has 2 amide bonds. The lowest BCUT2D eigenvalue weighted by molar-refractivity contribution is 0.0918. The molecular weight excluding hydrogens is 276 g/mol. The third-order valence-corrected chi connectivity index (χ3v) is 3.12. The molecule has 0 spiro atoms. The molecule has 2 aromatic rings. The molecule has 0 fully saturated rings. The van der Waals surface area contributed by atoms with Gasteiger partial charge in [0.15, 0.2) is 0 Å². The highest BCUT2D eigenvalue weighted by Crippen LogP contribution is 2.21. The lowest BCUT2D eigenvalue weighted by atomic mass is 10.0. The van der Waals surface area contributed by atoms with E-state index in [0.29, 0.717) is 11.1 Å². The van der Waals surface area contributed by atoms with Gasteiger partial charge in [-0.25, -0.2) is 0 Å². The highest BCUT2D eigenvalue weighted by atomic mass is 16.2. The van der Waals surface area contributed by atoms with Crippen LogP contribution in [0.4, 0.5) is 0 Å². The first-order chi connectivity index (χ1) is 10.3. The summed E-state index contributed by atoms with van der Waals surface area (Å²) in [4.78, 5) is 23.3. The predicted molar refractivity (Wildman–Crippen MR) is 87.6 cm³/mol. The molecule has 2 aromatic carbocycles. The second-order valence-electron chi connectivity index (χ2n) is 6.23. The number of amides is 2. The largest absolute Gasteiger partial charge is 0.366 e. The van der Waals surface area contributed by atoms with Crippen molar-refractivity contribution in [1.82, 2.24) is 5.32 Å². The van der Waals surface area contributed by atoms with Gasteiger partial charge in [0.25, 0.3) is 5.91 Å². The van der Waals surface area contributed by atoms with Crippen LogP contribution >= 0.6 is 0 Å². The number of hydrogen-bond acceptors (Lipinski definition) is 2. The summed E-state index contributed by atoms with van der Waals surface area (Å²) in [7, 11) is 0. The van der Waals surface area contributed by atoms with E-state index >= 15 is 0 Å². The Kier molecular flexibility index (Phi) is 4.31. The van der Waals surface area contributed by atoms with Crippen LogP contribution < -0.4 is 11.1 Å². The molecule has 0 atom stereocenters. The molecule has 0 heterocycles. The van der Waals surface area contributed by atoms with Crippen molar-refractivity contribution in [3.8, 4) is 11.1 Å². The van der Waals surface area contributed by atoms with E-state index in [9.17, 15) is 9.59 Å². The van der Waals surface area contributed by atoms with Gasteiger partial charge in [-0.15, -0.1) is 0 Å². The van der Waals surface area contributed by atoms with Gasteiger partial charge in [-0.3, -0.25) is 9.59 Å². The molecule has 2 rings (SSSR count). The van der Waals surface area contributed by atoms with Gasteiger partial charge in [0, 0.05) is 16.7 Å². The van der Waals surface area contributed by atoms with Gasteiger partial charge in [0.1, 0.15) is 0 Å². The minimum atomic E-state index is -0.454. The average molecular weight is 296 g/mol. The Morgan fingerprint density at radius 2 is 1.55 bits per heavy atom. The van der Waals surface area contributed by atoms with Crippen LogP contribution in [0, 0.1) is 0 Å². The van der Waals surface area contributed by atoms with E-state index in [1.165, 1.54) is 0 Å². The molecular formula is C18H20N2O2. The van der Waals surface area contributed by atoms with Gasteiger partial charge in [0.2, 0.25) is 5.91 Å². The molecule has 0 aromatic heterocycles. The normalized spacial score (nSPS) is 11.0. The second-order valence-corrected chi connectivity index (χ2v) is 6.23. The zero-order valence-electron chi connectivity index (χ0n) is 13.0. The fourth-order valence-corrected chi connectivity index (χ4v) is 2.08. The van der Waals surface area contributed by atoms with Crippen molar-refractivity contribution in [2.24, 2.45) is 5.73 Å². The van der Waals surface area contributed by atoms with Crippen LogP contribution in [0.5, 0.6) is 0 Å². The highest BCUT2D eigenvalue weighted by molar-refractivity contribution is 5.96. The smallest absolute Gasteiger partial charge is 0.251 e. The van der Waals surface area contributed by atoms with Crippen LogP contribution in [0.25, 0.3) is 11.1 Å². The number of primary amides is 1. The molecule has 3 N–H and O–H groups in total. The summed E-state index contributed by atoms with van der Waals surface area (Å²) in [5.41, 5.74) is 7.86. The van der Waals surface area contributed by atoms with Crippen LogP contribution in [0.1, 0.15) is 41.5 Å². The zero-order valence-corrected chi connectivity index (χ0v) is 13.0. The summed E-state index contributed by atoms with van der Waals surface area (Å²) in [5.74, 6) is -0.562. The van der Waals surface area contributed by atoms with E-state index in [1.807, 2.05) is 51.1 Å². The Labute approximate surface area is 130 Å². The number of carbonyl (C=O) groups excluding carboxylic acids is 2. The van der Waals surface area contributed by atoms with Gasteiger partial charge in [0.05, 0.1) is 0 Å². The standard InChI is InChI=1S/C18H20N2O2/c1-18(2,3)20-17(22)15-6-4-5-14(11-15)12-7-9-13(10-8-12)16(19)21/h4-11H,1-3H3,(H2,19,21)(H,20,22). The molecule has 0 aliphatic rings. The van der Waals surface area contributed by atoms with Gasteiger partial charge in [-0.1, -0.05) is 24.3 Å². The number of nitrogens with two attached hydrogens (primary N) is 1. The Bertz CT molecular complexity index is 698. The van der Waals surface area contributed by atoms with Crippen molar-refractivity contribution in [2.45, 2.75) is 26.3 Å². The van der Waals surface area contributed by atoms with Gasteiger partial charge in [-0.05, 0) is 56.2 Å². The van der Waals surface area contributed by atoms with E-state index < -0.39 is 5.91 Å². The predicted octanol–water partition coefficient (Wildman–Crippen LogP) is 2.98. The summed E-state index contributed by atoms with van der Waals surface area (Å²) in [6.07, 6.45) is 0. The lowest BCUT2D eigenvalue weighted by Crippen LogP contribution is -2.40. The topological polar surface area (TPSA) is 72.2 Å². The van der Waals surface area contributed by atoms with Gasteiger partial charge < -0.3 is 11.1 Å². The van der Waals surface area contributed by atoms with Gasteiger partial charge in [-0.2, -0.15) is 0 Å². The fraction of sp³-hybridized carbons (Fsp3) is 0.222. The van der Waals surface area contributed by atoms with Crippen molar-refractivity contribution in [1.29, 1.82) is 0 Å². The maximum absolute atomic E-state index is 12.2. The lowest BCUT2D eigenvalue weighted by Gasteiger charge is -2.20. The molecule has 0 radical (unpaired) electrons. The van der Waals surface area contributed by atoms with E-state index in [4.69, 9.17) is 5.73 Å². The molecule has 0 bridgehead atoms. The van der Waals surface area contributed by atoms with Crippen molar-refractivity contribution >= 4 is 11.8 Å². The number of carbonyl (C=O) groups is 2. The first-order valence-corrected chi connectivity index (χ1v) is 7.09. The van der Waals surface area contributed by atoms with Crippen molar-refractivity contribution in [3.63, 3.8) is 0 Å². The molecule has 0 saturated carbocycles. The molecule has 0 aliphatic carbocycles. The molecule has 4 nitrogen and oxygen atoms in total. The zero-order chi connectivity index (χ0) is 16.3. The quantitative estimate of drug-likeness (QED) is 0.914. The monoisotopic (exact) mass is 296 g/mol. The van der Waals surface area contributed by atoms with E-state index in [2.05, 4.69) is 5.32 Å². The summed E-state index contributed by atoms with van der Waals surface area (Å²) >= 11 is 0. The van der Waals surface area contributed by atoms with Crippen LogP contribution in [0.15, 0.2) is 48.5 Å². The number of nitrogens with one attached hydrogen (secondary N) is 1. The number of benzene rings is 2.